The number of ether oxygens (including phenoxy) is 3. The SMILES string of the molecule is C=C/C=C(/COC(=O)C1=C(C)N(CCOC)C(=O)CC1c1ccc(Cl)cc1)C(=C)OC. The van der Waals surface area contributed by atoms with Crippen molar-refractivity contribution in [2.75, 3.05) is 34.0 Å². The largest absolute Gasteiger partial charge is 0.497 e. The average molecular weight is 446 g/mol. The Morgan fingerprint density at radius 2 is 1.97 bits per heavy atom. The molecule has 1 aromatic carbocycles. The van der Waals surface area contributed by atoms with E-state index >= 15 is 0 Å². The van der Waals surface area contributed by atoms with Crippen molar-refractivity contribution in [1.82, 2.24) is 4.90 Å². The molecule has 7 heteroatoms. The molecule has 1 heterocycles. The van der Waals surface area contributed by atoms with E-state index in [2.05, 4.69) is 13.2 Å². The second kappa shape index (κ2) is 11.5. The van der Waals surface area contributed by atoms with Crippen molar-refractivity contribution >= 4 is 23.5 Å². The first kappa shape index (κ1) is 24.4. The molecular formula is C24H28ClNO5. The number of amides is 1. The van der Waals surface area contributed by atoms with E-state index in [0.717, 1.165) is 5.56 Å². The van der Waals surface area contributed by atoms with E-state index < -0.39 is 11.9 Å². The van der Waals surface area contributed by atoms with E-state index in [-0.39, 0.29) is 18.9 Å². The van der Waals surface area contributed by atoms with Gasteiger partial charge in [-0.1, -0.05) is 49.0 Å². The van der Waals surface area contributed by atoms with Gasteiger partial charge >= 0.3 is 5.97 Å². The third-order valence-corrected chi connectivity index (χ3v) is 5.37. The van der Waals surface area contributed by atoms with Crippen LogP contribution in [0.5, 0.6) is 0 Å². The topological polar surface area (TPSA) is 65.1 Å². The molecule has 0 bridgehead atoms. The maximum atomic E-state index is 13.2. The van der Waals surface area contributed by atoms with Crippen molar-refractivity contribution in [3.8, 4) is 0 Å². The molecule has 6 nitrogen and oxygen atoms in total. The highest BCUT2D eigenvalue weighted by Gasteiger charge is 2.36. The molecule has 166 valence electrons. The van der Waals surface area contributed by atoms with Crippen molar-refractivity contribution in [2.45, 2.75) is 19.3 Å². The number of carbonyl (C=O) groups is 2. The lowest BCUT2D eigenvalue weighted by Gasteiger charge is -2.34. The number of halogens is 1. The number of hydrogen-bond acceptors (Lipinski definition) is 5. The predicted octanol–water partition coefficient (Wildman–Crippen LogP) is 4.39. The number of rotatable bonds is 10. The summed E-state index contributed by atoms with van der Waals surface area (Å²) in [7, 11) is 3.06. The number of nitrogens with zero attached hydrogens (tertiary/aromatic N) is 1. The molecule has 1 unspecified atom stereocenters. The van der Waals surface area contributed by atoms with Crippen LogP contribution in [0.3, 0.4) is 0 Å². The first-order valence-electron chi connectivity index (χ1n) is 9.81. The molecule has 0 aromatic heterocycles. The zero-order chi connectivity index (χ0) is 23.0. The molecule has 1 aliphatic heterocycles. The number of carbonyl (C=O) groups excluding carboxylic acids is 2. The van der Waals surface area contributed by atoms with Gasteiger partial charge in [0.1, 0.15) is 12.4 Å². The fourth-order valence-corrected chi connectivity index (χ4v) is 3.56. The average Bonchev–Trinajstić information content (AvgIpc) is 2.76. The number of allylic oxidation sites excluding steroid dienone is 3. The Morgan fingerprint density at radius 1 is 1.29 bits per heavy atom. The van der Waals surface area contributed by atoms with Crippen LogP contribution >= 0.6 is 11.6 Å². The van der Waals surface area contributed by atoms with Gasteiger partial charge in [0.05, 0.1) is 19.3 Å². The molecular weight excluding hydrogens is 418 g/mol. The number of benzene rings is 1. The minimum absolute atomic E-state index is 0.0341. The lowest BCUT2D eigenvalue weighted by molar-refractivity contribution is -0.139. The van der Waals surface area contributed by atoms with Gasteiger partial charge < -0.3 is 19.1 Å². The molecule has 31 heavy (non-hydrogen) atoms. The summed E-state index contributed by atoms with van der Waals surface area (Å²) in [6.45, 7) is 9.89. The normalized spacial score (nSPS) is 16.9. The van der Waals surface area contributed by atoms with Crippen LogP contribution in [0.2, 0.25) is 5.02 Å². The van der Waals surface area contributed by atoms with E-state index in [1.165, 1.54) is 7.11 Å². The molecule has 1 amide bonds. The highest BCUT2D eigenvalue weighted by Crippen LogP contribution is 2.37. The van der Waals surface area contributed by atoms with Crippen LogP contribution < -0.4 is 0 Å². The van der Waals surface area contributed by atoms with Gasteiger partial charge in [-0.3, -0.25) is 4.79 Å². The second-order valence-electron chi connectivity index (χ2n) is 6.98. The molecule has 0 aliphatic carbocycles. The molecule has 0 fully saturated rings. The molecule has 1 atom stereocenters. The van der Waals surface area contributed by atoms with Gasteiger partial charge in [0.15, 0.2) is 0 Å². The van der Waals surface area contributed by atoms with Crippen LogP contribution in [-0.4, -0.2) is 50.8 Å². The summed E-state index contributed by atoms with van der Waals surface area (Å²) < 4.78 is 15.9. The van der Waals surface area contributed by atoms with Crippen LogP contribution in [0.4, 0.5) is 0 Å². The summed E-state index contributed by atoms with van der Waals surface area (Å²) in [5.41, 5.74) is 2.39. The lowest BCUT2D eigenvalue weighted by atomic mass is 9.83. The maximum absolute atomic E-state index is 13.2. The van der Waals surface area contributed by atoms with E-state index in [1.807, 2.05) is 12.1 Å². The highest BCUT2D eigenvalue weighted by molar-refractivity contribution is 6.30. The summed E-state index contributed by atoms with van der Waals surface area (Å²) in [6, 6.07) is 7.12. The lowest BCUT2D eigenvalue weighted by Crippen LogP contribution is -2.40. The monoisotopic (exact) mass is 445 g/mol. The Labute approximate surface area is 188 Å². The van der Waals surface area contributed by atoms with Crippen LogP contribution in [-0.2, 0) is 23.8 Å². The zero-order valence-electron chi connectivity index (χ0n) is 18.2. The first-order chi connectivity index (χ1) is 14.8. The van der Waals surface area contributed by atoms with Crippen molar-refractivity contribution in [2.24, 2.45) is 0 Å². The molecule has 0 saturated carbocycles. The fourth-order valence-electron chi connectivity index (χ4n) is 3.43. The fraction of sp³-hybridized carbons (Fsp3) is 0.333. The van der Waals surface area contributed by atoms with Crippen LogP contribution in [0.15, 0.2) is 72.2 Å². The minimum atomic E-state index is -0.508. The smallest absolute Gasteiger partial charge is 0.336 e. The summed E-state index contributed by atoms with van der Waals surface area (Å²) in [5.74, 6) is -0.640. The van der Waals surface area contributed by atoms with Crippen molar-refractivity contribution in [3.63, 3.8) is 0 Å². The van der Waals surface area contributed by atoms with Gasteiger partial charge in [-0.2, -0.15) is 0 Å². The molecule has 1 aromatic rings. The Morgan fingerprint density at radius 3 is 2.55 bits per heavy atom. The van der Waals surface area contributed by atoms with E-state index in [9.17, 15) is 9.59 Å². The Kier molecular flexibility index (Phi) is 9.09. The summed E-state index contributed by atoms with van der Waals surface area (Å²) >= 11 is 6.02. The van der Waals surface area contributed by atoms with Gasteiger partial charge in [-0.15, -0.1) is 0 Å². The maximum Gasteiger partial charge on any atom is 0.336 e. The predicted molar refractivity (Wildman–Crippen MR) is 120 cm³/mol. The van der Waals surface area contributed by atoms with Crippen molar-refractivity contribution in [1.29, 1.82) is 0 Å². The van der Waals surface area contributed by atoms with Gasteiger partial charge in [0, 0.05) is 42.3 Å². The summed E-state index contributed by atoms with van der Waals surface area (Å²) in [5, 5.41) is 0.578. The number of hydrogen-bond donors (Lipinski definition) is 0. The molecule has 0 saturated heterocycles. The Bertz CT molecular complexity index is 901. The van der Waals surface area contributed by atoms with Gasteiger partial charge in [0.2, 0.25) is 5.91 Å². The summed E-state index contributed by atoms with van der Waals surface area (Å²) in [6.07, 6.45) is 3.39. The molecule has 1 aliphatic rings. The quantitative estimate of drug-likeness (QED) is 0.303. The highest BCUT2D eigenvalue weighted by atomic mass is 35.5. The second-order valence-corrected chi connectivity index (χ2v) is 7.41. The Balaban J connectivity index is 2.40. The van der Waals surface area contributed by atoms with Crippen LogP contribution in [0, 0.1) is 0 Å². The van der Waals surface area contributed by atoms with Gasteiger partial charge in [-0.05, 0) is 24.6 Å². The van der Waals surface area contributed by atoms with E-state index in [4.69, 9.17) is 25.8 Å². The first-order valence-corrected chi connectivity index (χ1v) is 10.2. The standard InChI is InChI=1S/C24H28ClNO5/c1-6-7-19(17(3)30-5)15-31-24(28)23-16(2)26(12-13-29-4)22(27)14-21(23)18-8-10-20(25)11-9-18/h6-11,21H,1,3,12-15H2,2,4-5H3/b19-7-. The zero-order valence-corrected chi connectivity index (χ0v) is 18.9. The van der Waals surface area contributed by atoms with Gasteiger partial charge in [0.25, 0.3) is 0 Å². The molecule has 0 N–H and O–H groups in total. The number of methoxy groups -OCH3 is 2. The molecule has 0 spiro atoms. The third kappa shape index (κ3) is 6.09. The van der Waals surface area contributed by atoms with E-state index in [0.29, 0.717) is 40.8 Å². The third-order valence-electron chi connectivity index (χ3n) is 5.12. The molecule has 2 rings (SSSR count). The Hall–Kier alpha value is -2.83. The number of esters is 1. The van der Waals surface area contributed by atoms with Crippen molar-refractivity contribution < 1.29 is 23.8 Å². The molecule has 0 radical (unpaired) electrons. The van der Waals surface area contributed by atoms with Gasteiger partial charge in [-0.25, -0.2) is 4.79 Å². The van der Waals surface area contributed by atoms with Crippen LogP contribution in [0.1, 0.15) is 24.8 Å². The van der Waals surface area contributed by atoms with Crippen LogP contribution in [0.25, 0.3) is 0 Å². The van der Waals surface area contributed by atoms with E-state index in [1.54, 1.807) is 43.2 Å². The minimum Gasteiger partial charge on any atom is -0.497 e. The van der Waals surface area contributed by atoms with Crippen molar-refractivity contribution in [3.05, 3.63) is 82.8 Å². The summed E-state index contributed by atoms with van der Waals surface area (Å²) in [4.78, 5) is 27.6.